The number of ether oxygens (including phenoxy) is 1. The minimum atomic E-state index is -0.151. The van der Waals surface area contributed by atoms with Crippen LogP contribution in [-0.2, 0) is 9.53 Å². The standard InChI is InChI=1S/C11H22O2/c1-5-6-7-11(8-9(2)3)13-10(4)12/h9,11H,5-8H2,1-4H3. The zero-order valence-electron chi connectivity index (χ0n) is 9.30. The summed E-state index contributed by atoms with van der Waals surface area (Å²) >= 11 is 0. The number of hydrogen-bond donors (Lipinski definition) is 0. The molecule has 0 aliphatic carbocycles. The Morgan fingerprint density at radius 3 is 2.38 bits per heavy atom. The van der Waals surface area contributed by atoms with Gasteiger partial charge in [0.15, 0.2) is 0 Å². The predicted molar refractivity (Wildman–Crippen MR) is 54.5 cm³/mol. The lowest BCUT2D eigenvalue weighted by atomic mass is 10.0. The molecule has 0 radical (unpaired) electrons. The van der Waals surface area contributed by atoms with E-state index in [0.717, 1.165) is 25.7 Å². The molecule has 0 fully saturated rings. The molecule has 0 heterocycles. The molecule has 2 heteroatoms. The van der Waals surface area contributed by atoms with Crippen LogP contribution in [0.4, 0.5) is 0 Å². The van der Waals surface area contributed by atoms with Crippen molar-refractivity contribution in [1.29, 1.82) is 0 Å². The maximum absolute atomic E-state index is 10.8. The van der Waals surface area contributed by atoms with Crippen LogP contribution in [0.15, 0.2) is 0 Å². The fraction of sp³-hybridized carbons (Fsp3) is 0.909. The van der Waals surface area contributed by atoms with Gasteiger partial charge in [-0.1, -0.05) is 33.6 Å². The van der Waals surface area contributed by atoms with Gasteiger partial charge in [0.1, 0.15) is 6.10 Å². The van der Waals surface area contributed by atoms with Gasteiger partial charge in [0.05, 0.1) is 0 Å². The third-order valence-corrected chi connectivity index (χ3v) is 1.95. The van der Waals surface area contributed by atoms with Gasteiger partial charge in [-0.3, -0.25) is 4.79 Å². The SMILES string of the molecule is CCCCC(CC(C)C)OC(C)=O. The lowest BCUT2D eigenvalue weighted by Crippen LogP contribution is -2.18. The van der Waals surface area contributed by atoms with Crippen LogP contribution in [-0.4, -0.2) is 12.1 Å². The lowest BCUT2D eigenvalue weighted by Gasteiger charge is -2.18. The Morgan fingerprint density at radius 2 is 2.00 bits per heavy atom. The molecule has 78 valence electrons. The second kappa shape index (κ2) is 6.93. The quantitative estimate of drug-likeness (QED) is 0.596. The Bertz CT molecular complexity index is 141. The maximum Gasteiger partial charge on any atom is 0.302 e. The highest BCUT2D eigenvalue weighted by molar-refractivity contribution is 5.66. The van der Waals surface area contributed by atoms with Crippen molar-refractivity contribution in [3.05, 3.63) is 0 Å². The van der Waals surface area contributed by atoms with Crippen LogP contribution >= 0.6 is 0 Å². The number of carbonyl (C=O) groups excluding carboxylic acids is 1. The van der Waals surface area contributed by atoms with E-state index in [0.29, 0.717) is 5.92 Å². The van der Waals surface area contributed by atoms with Gasteiger partial charge in [0.25, 0.3) is 0 Å². The molecule has 0 aromatic heterocycles. The Balaban J connectivity index is 3.80. The largest absolute Gasteiger partial charge is 0.463 e. The van der Waals surface area contributed by atoms with Gasteiger partial charge in [-0.15, -0.1) is 0 Å². The Kier molecular flexibility index (Phi) is 6.65. The highest BCUT2D eigenvalue weighted by Gasteiger charge is 2.12. The minimum Gasteiger partial charge on any atom is -0.463 e. The van der Waals surface area contributed by atoms with Crippen LogP contribution in [0, 0.1) is 5.92 Å². The van der Waals surface area contributed by atoms with Crippen molar-refractivity contribution >= 4 is 5.97 Å². The van der Waals surface area contributed by atoms with Crippen molar-refractivity contribution in [2.24, 2.45) is 5.92 Å². The molecule has 1 atom stereocenters. The van der Waals surface area contributed by atoms with Crippen LogP contribution in [0.3, 0.4) is 0 Å². The van der Waals surface area contributed by atoms with E-state index in [2.05, 4.69) is 20.8 Å². The second-order valence-electron chi connectivity index (χ2n) is 4.00. The average Bonchev–Trinajstić information content (AvgIpc) is 1.98. The smallest absolute Gasteiger partial charge is 0.302 e. The molecule has 0 N–H and O–H groups in total. The van der Waals surface area contributed by atoms with Crippen molar-refractivity contribution < 1.29 is 9.53 Å². The highest BCUT2D eigenvalue weighted by Crippen LogP contribution is 2.14. The summed E-state index contributed by atoms with van der Waals surface area (Å²) in [6, 6.07) is 0. The van der Waals surface area contributed by atoms with Gasteiger partial charge in [-0.05, 0) is 18.8 Å². The Morgan fingerprint density at radius 1 is 1.38 bits per heavy atom. The van der Waals surface area contributed by atoms with Gasteiger partial charge in [-0.2, -0.15) is 0 Å². The van der Waals surface area contributed by atoms with Crippen molar-refractivity contribution in [3.8, 4) is 0 Å². The van der Waals surface area contributed by atoms with Crippen LogP contribution in [0.25, 0.3) is 0 Å². The molecular weight excluding hydrogens is 164 g/mol. The molecule has 0 amide bonds. The summed E-state index contributed by atoms with van der Waals surface area (Å²) in [6.07, 6.45) is 4.44. The monoisotopic (exact) mass is 186 g/mol. The first-order chi connectivity index (χ1) is 6.06. The second-order valence-corrected chi connectivity index (χ2v) is 4.00. The average molecular weight is 186 g/mol. The van der Waals surface area contributed by atoms with Gasteiger partial charge >= 0.3 is 5.97 Å². The van der Waals surface area contributed by atoms with Gasteiger partial charge in [-0.25, -0.2) is 0 Å². The third kappa shape index (κ3) is 7.82. The molecule has 0 aromatic carbocycles. The summed E-state index contributed by atoms with van der Waals surface area (Å²) in [5.74, 6) is 0.447. The van der Waals surface area contributed by atoms with E-state index < -0.39 is 0 Å². The Labute approximate surface area is 81.7 Å². The molecule has 0 saturated heterocycles. The van der Waals surface area contributed by atoms with Crippen molar-refractivity contribution in [2.75, 3.05) is 0 Å². The summed E-state index contributed by atoms with van der Waals surface area (Å²) < 4.78 is 5.22. The zero-order valence-corrected chi connectivity index (χ0v) is 9.30. The fourth-order valence-corrected chi connectivity index (χ4v) is 1.42. The summed E-state index contributed by atoms with van der Waals surface area (Å²) in [7, 11) is 0. The summed E-state index contributed by atoms with van der Waals surface area (Å²) in [5.41, 5.74) is 0. The molecular formula is C11H22O2. The van der Waals surface area contributed by atoms with E-state index in [1.165, 1.54) is 6.92 Å². The highest BCUT2D eigenvalue weighted by atomic mass is 16.5. The summed E-state index contributed by atoms with van der Waals surface area (Å²) in [5, 5.41) is 0. The molecule has 0 saturated carbocycles. The molecule has 1 unspecified atom stereocenters. The first kappa shape index (κ1) is 12.5. The van der Waals surface area contributed by atoms with Crippen LogP contribution in [0.5, 0.6) is 0 Å². The fourth-order valence-electron chi connectivity index (χ4n) is 1.42. The molecule has 0 aromatic rings. The zero-order chi connectivity index (χ0) is 10.3. The predicted octanol–water partition coefficient (Wildman–Crippen LogP) is 3.15. The maximum atomic E-state index is 10.8. The number of rotatable bonds is 6. The van der Waals surface area contributed by atoms with Crippen molar-refractivity contribution in [3.63, 3.8) is 0 Å². The van der Waals surface area contributed by atoms with Gasteiger partial charge in [0, 0.05) is 6.92 Å². The molecule has 0 aliphatic rings. The first-order valence-corrected chi connectivity index (χ1v) is 5.23. The van der Waals surface area contributed by atoms with Crippen LogP contribution in [0.2, 0.25) is 0 Å². The van der Waals surface area contributed by atoms with E-state index in [-0.39, 0.29) is 12.1 Å². The first-order valence-electron chi connectivity index (χ1n) is 5.23. The van der Waals surface area contributed by atoms with Crippen molar-refractivity contribution in [2.45, 2.75) is 59.5 Å². The van der Waals surface area contributed by atoms with Crippen molar-refractivity contribution in [1.82, 2.24) is 0 Å². The molecule has 0 bridgehead atoms. The summed E-state index contributed by atoms with van der Waals surface area (Å²) in [4.78, 5) is 10.8. The third-order valence-electron chi connectivity index (χ3n) is 1.95. The number of carbonyl (C=O) groups is 1. The lowest BCUT2D eigenvalue weighted by molar-refractivity contribution is -0.147. The van der Waals surface area contributed by atoms with Crippen LogP contribution in [0.1, 0.15) is 53.4 Å². The van der Waals surface area contributed by atoms with E-state index in [1.54, 1.807) is 0 Å². The van der Waals surface area contributed by atoms with E-state index in [4.69, 9.17) is 4.74 Å². The Hall–Kier alpha value is -0.530. The number of esters is 1. The van der Waals surface area contributed by atoms with E-state index in [1.807, 2.05) is 0 Å². The molecule has 0 rings (SSSR count). The molecule has 0 spiro atoms. The molecule has 2 nitrogen and oxygen atoms in total. The van der Waals surface area contributed by atoms with E-state index in [9.17, 15) is 4.79 Å². The topological polar surface area (TPSA) is 26.3 Å². The minimum absolute atomic E-state index is 0.137. The molecule has 13 heavy (non-hydrogen) atoms. The number of hydrogen-bond acceptors (Lipinski definition) is 2. The van der Waals surface area contributed by atoms with Gasteiger partial charge in [0.2, 0.25) is 0 Å². The number of unbranched alkanes of at least 4 members (excludes halogenated alkanes) is 1. The summed E-state index contributed by atoms with van der Waals surface area (Å²) in [6.45, 7) is 7.95. The van der Waals surface area contributed by atoms with E-state index >= 15 is 0 Å². The van der Waals surface area contributed by atoms with Crippen LogP contribution < -0.4 is 0 Å². The normalized spacial score (nSPS) is 13.0. The molecule has 0 aliphatic heterocycles. The van der Waals surface area contributed by atoms with Gasteiger partial charge < -0.3 is 4.74 Å².